The second-order valence-electron chi connectivity index (χ2n) is 6.80. The molecule has 0 spiro atoms. The van der Waals surface area contributed by atoms with Gasteiger partial charge in [-0.3, -0.25) is 4.79 Å². The average molecular weight is 385 g/mol. The number of fused-ring (bicyclic) bond motifs is 3. The zero-order chi connectivity index (χ0) is 20.1. The first-order valence-electron chi connectivity index (χ1n) is 9.72. The Morgan fingerprint density at radius 2 is 1.79 bits per heavy atom. The average Bonchev–Trinajstić information content (AvgIpc) is 2.97. The smallest absolute Gasteiger partial charge is 0.246 e. The molecule has 0 fully saturated rings. The molecule has 146 valence electrons. The number of anilines is 1. The van der Waals surface area contributed by atoms with Crippen LogP contribution >= 0.6 is 0 Å². The number of carbonyl (C=O) groups is 1. The molecule has 3 aromatic carbocycles. The lowest BCUT2D eigenvalue weighted by Gasteiger charge is -2.03. The number of hydrogen-bond acceptors (Lipinski definition) is 3. The van der Waals surface area contributed by atoms with E-state index in [2.05, 4.69) is 21.4 Å². The van der Waals surface area contributed by atoms with E-state index in [1.807, 2.05) is 73.8 Å². The van der Waals surface area contributed by atoms with Crippen molar-refractivity contribution >= 4 is 33.4 Å². The molecule has 0 saturated carbocycles. The van der Waals surface area contributed by atoms with Crippen molar-refractivity contribution in [1.82, 2.24) is 4.98 Å². The molecule has 0 aliphatic heterocycles. The van der Waals surface area contributed by atoms with Gasteiger partial charge >= 0.3 is 0 Å². The van der Waals surface area contributed by atoms with Crippen molar-refractivity contribution in [1.29, 1.82) is 0 Å². The lowest BCUT2D eigenvalue weighted by Crippen LogP contribution is -2.06. The van der Waals surface area contributed by atoms with Gasteiger partial charge in [-0.15, -0.1) is 0 Å². The Kier molecular flexibility index (Phi) is 5.56. The van der Waals surface area contributed by atoms with E-state index in [4.69, 9.17) is 4.74 Å². The number of nitrogens with zero attached hydrogens (tertiary/aromatic N) is 1. The number of rotatable bonds is 6. The molecule has 0 saturated heterocycles. The van der Waals surface area contributed by atoms with Gasteiger partial charge in [-0.25, -0.2) is 4.99 Å². The molecule has 4 aromatic rings. The normalized spacial score (nSPS) is 11.7. The summed E-state index contributed by atoms with van der Waals surface area (Å²) in [5.74, 6) is 0.669. The van der Waals surface area contributed by atoms with Crippen LogP contribution in [0.5, 0.6) is 5.75 Å². The maximum atomic E-state index is 12.3. The van der Waals surface area contributed by atoms with Gasteiger partial charge in [0, 0.05) is 29.8 Å². The van der Waals surface area contributed by atoms with Crippen LogP contribution in [0.2, 0.25) is 0 Å². The van der Waals surface area contributed by atoms with E-state index in [0.717, 1.165) is 33.2 Å². The summed E-state index contributed by atoms with van der Waals surface area (Å²) >= 11 is 0. The third-order valence-corrected chi connectivity index (χ3v) is 4.80. The topological polar surface area (TPSA) is 66.5 Å². The summed E-state index contributed by atoms with van der Waals surface area (Å²) in [6.07, 6.45) is 0.981. The second-order valence-corrected chi connectivity index (χ2v) is 6.80. The molecule has 1 heterocycles. The number of aromatic nitrogens is 1. The highest BCUT2D eigenvalue weighted by Crippen LogP contribution is 2.28. The van der Waals surface area contributed by atoms with Crippen LogP contribution in [0.15, 0.2) is 77.8 Å². The Balaban J connectivity index is 1.51. The largest absolute Gasteiger partial charge is 0.494 e. The molecular weight excluding hydrogens is 362 g/mol. The molecule has 1 aromatic heterocycles. The van der Waals surface area contributed by atoms with Crippen molar-refractivity contribution in [3.63, 3.8) is 0 Å². The minimum absolute atomic E-state index is 0.145. The number of hydrogen-bond donors (Lipinski definition) is 2. The van der Waals surface area contributed by atoms with Gasteiger partial charge in [0.25, 0.3) is 0 Å². The monoisotopic (exact) mass is 385 g/mol. The van der Waals surface area contributed by atoms with Crippen molar-refractivity contribution in [3.8, 4) is 5.75 Å². The molecule has 0 bridgehead atoms. The summed E-state index contributed by atoms with van der Waals surface area (Å²) in [6, 6.07) is 23.5. The lowest BCUT2D eigenvalue weighted by molar-refractivity contribution is -0.118. The van der Waals surface area contributed by atoms with Crippen LogP contribution in [0.3, 0.4) is 0 Å². The van der Waals surface area contributed by atoms with Crippen LogP contribution in [0, 0.1) is 0 Å². The standard InChI is InChI=1S/C24H23N3O2/c1-25-21-13-6-12-20-19-11-5-8-17(16-22(19)27-24(20)21)26-23(28)14-7-15-29-18-9-3-2-4-10-18/h2-6,8-13,16,25,27H,7,14-15H2,1H3. The predicted molar refractivity (Wildman–Crippen MR) is 117 cm³/mol. The predicted octanol–water partition coefficient (Wildman–Crippen LogP) is 4.65. The number of nitrogens with one attached hydrogen (secondary N) is 2. The zero-order valence-corrected chi connectivity index (χ0v) is 16.3. The lowest BCUT2D eigenvalue weighted by atomic mass is 10.2. The quantitative estimate of drug-likeness (QED) is 0.475. The van der Waals surface area contributed by atoms with Crippen LogP contribution in [0.1, 0.15) is 12.8 Å². The summed E-state index contributed by atoms with van der Waals surface area (Å²) < 4.78 is 5.63. The van der Waals surface area contributed by atoms with Crippen molar-refractivity contribution < 1.29 is 9.53 Å². The number of para-hydroxylation sites is 2. The third-order valence-electron chi connectivity index (χ3n) is 4.80. The Labute approximate surface area is 169 Å². The maximum Gasteiger partial charge on any atom is 0.246 e. The van der Waals surface area contributed by atoms with Crippen molar-refractivity contribution in [2.24, 2.45) is 4.99 Å². The minimum atomic E-state index is -0.145. The number of benzene rings is 2. The van der Waals surface area contributed by atoms with E-state index in [0.29, 0.717) is 24.8 Å². The molecular formula is C24H23N3O2. The molecule has 0 unspecified atom stereocenters. The molecule has 4 rings (SSSR count). The van der Waals surface area contributed by atoms with E-state index in [1.165, 1.54) is 0 Å². The molecule has 1 amide bonds. The van der Waals surface area contributed by atoms with E-state index >= 15 is 0 Å². The Hall–Kier alpha value is -3.60. The minimum Gasteiger partial charge on any atom is -0.494 e. The summed E-state index contributed by atoms with van der Waals surface area (Å²) in [4.78, 5) is 20.0. The second kappa shape index (κ2) is 8.61. The Morgan fingerprint density at radius 3 is 2.62 bits per heavy atom. The van der Waals surface area contributed by atoms with Crippen molar-refractivity contribution in [2.45, 2.75) is 12.8 Å². The molecule has 0 atom stereocenters. The first-order valence-corrected chi connectivity index (χ1v) is 9.72. The van der Waals surface area contributed by atoms with Crippen molar-refractivity contribution in [2.75, 3.05) is 19.0 Å². The van der Waals surface area contributed by atoms with Gasteiger partial charge in [0.15, 0.2) is 0 Å². The zero-order valence-electron chi connectivity index (χ0n) is 16.3. The van der Waals surface area contributed by atoms with Crippen LogP contribution < -0.4 is 15.4 Å². The van der Waals surface area contributed by atoms with E-state index in [1.54, 1.807) is 0 Å². The number of aromatic amines is 1. The summed E-state index contributed by atoms with van der Waals surface area (Å²) in [6.45, 7) is 0.493. The van der Waals surface area contributed by atoms with Crippen molar-refractivity contribution in [3.05, 3.63) is 78.2 Å². The van der Waals surface area contributed by atoms with E-state index in [9.17, 15) is 4.79 Å². The van der Waals surface area contributed by atoms with Gasteiger partial charge < -0.3 is 15.0 Å². The first-order chi connectivity index (χ1) is 14.2. The fourth-order valence-corrected chi connectivity index (χ4v) is 3.40. The number of carbonyl (C=O) groups excluding carboxylic acids is 1. The molecule has 0 aliphatic rings. The van der Waals surface area contributed by atoms with Crippen LogP contribution in [-0.4, -0.2) is 24.5 Å². The number of H-pyrrole nitrogens is 1. The summed E-state index contributed by atoms with van der Waals surface area (Å²) in [5.41, 5.74) is 3.03. The van der Waals surface area contributed by atoms with Gasteiger partial charge in [-0.1, -0.05) is 42.5 Å². The van der Waals surface area contributed by atoms with Gasteiger partial charge in [0.2, 0.25) is 5.91 Å². The molecule has 5 heteroatoms. The van der Waals surface area contributed by atoms with Gasteiger partial charge in [-0.2, -0.15) is 0 Å². The number of ether oxygens (including phenoxy) is 1. The van der Waals surface area contributed by atoms with Gasteiger partial charge in [0.05, 0.1) is 23.2 Å². The first kappa shape index (κ1) is 18.7. The summed E-state index contributed by atoms with van der Waals surface area (Å²) in [5, 5.41) is 6.09. The van der Waals surface area contributed by atoms with Crippen LogP contribution in [0.4, 0.5) is 5.69 Å². The molecule has 29 heavy (non-hydrogen) atoms. The molecule has 5 nitrogen and oxygen atoms in total. The Bertz CT molecular complexity index is 1210. The molecule has 0 aliphatic carbocycles. The summed E-state index contributed by atoms with van der Waals surface area (Å²) in [7, 11) is 1.90. The molecule has 0 radical (unpaired) electrons. The molecule has 2 N–H and O–H groups in total. The highest BCUT2D eigenvalue weighted by atomic mass is 16.5. The fourth-order valence-electron chi connectivity index (χ4n) is 3.40. The fraction of sp³-hybridized carbons (Fsp3) is 0.167. The van der Waals surface area contributed by atoms with Crippen LogP contribution in [-0.2, 0) is 4.79 Å². The Morgan fingerprint density at radius 1 is 1.00 bits per heavy atom. The third kappa shape index (κ3) is 4.29. The SMILES string of the molecule is CNc1cccc2c1[nH]c1cc(=NC(=O)CCCOc3ccccc3)cccc12. The van der Waals surface area contributed by atoms with Gasteiger partial charge in [0.1, 0.15) is 5.75 Å². The number of amides is 1. The van der Waals surface area contributed by atoms with Gasteiger partial charge in [-0.05, 0) is 36.8 Å². The maximum absolute atomic E-state index is 12.3. The van der Waals surface area contributed by atoms with Crippen LogP contribution in [0.25, 0.3) is 21.8 Å². The highest BCUT2D eigenvalue weighted by molar-refractivity contribution is 6.10. The van der Waals surface area contributed by atoms with E-state index < -0.39 is 0 Å². The highest BCUT2D eigenvalue weighted by Gasteiger charge is 2.06. The van der Waals surface area contributed by atoms with E-state index in [-0.39, 0.29) is 5.91 Å².